The lowest BCUT2D eigenvalue weighted by Gasteiger charge is -2.28. The molecule has 1 unspecified atom stereocenters. The van der Waals surface area contributed by atoms with Gasteiger partial charge in [-0.2, -0.15) is 0 Å². The summed E-state index contributed by atoms with van der Waals surface area (Å²) >= 11 is 0. The summed E-state index contributed by atoms with van der Waals surface area (Å²) in [7, 11) is 0. The number of hydrogen-bond acceptors (Lipinski definition) is 1. The summed E-state index contributed by atoms with van der Waals surface area (Å²) in [6, 6.07) is 0. The van der Waals surface area contributed by atoms with Crippen LogP contribution in [0.5, 0.6) is 0 Å². The third-order valence-electron chi connectivity index (χ3n) is 2.94. The van der Waals surface area contributed by atoms with Gasteiger partial charge in [0.15, 0.2) is 0 Å². The van der Waals surface area contributed by atoms with Crippen LogP contribution >= 0.6 is 0 Å². The third kappa shape index (κ3) is 3.37. The van der Waals surface area contributed by atoms with Crippen LogP contribution in [0.1, 0.15) is 59.3 Å². The number of carbonyl (C=O) groups is 1. The molecule has 2 heteroatoms. The van der Waals surface area contributed by atoms with Gasteiger partial charge in [-0.3, -0.25) is 4.79 Å². The van der Waals surface area contributed by atoms with Crippen molar-refractivity contribution in [1.82, 2.24) is 0 Å². The smallest absolute Gasteiger partial charge is 0.223 e. The zero-order valence-corrected chi connectivity index (χ0v) is 9.23. The molecule has 78 valence electrons. The summed E-state index contributed by atoms with van der Waals surface area (Å²) in [5.74, 6) is -0.106. The highest BCUT2D eigenvalue weighted by Gasteiger charge is 2.32. The molecule has 0 heterocycles. The van der Waals surface area contributed by atoms with Gasteiger partial charge in [0.05, 0.1) is 0 Å². The number of carbonyl (C=O) groups excluding carboxylic acids is 1. The van der Waals surface area contributed by atoms with Crippen LogP contribution in [0, 0.1) is 5.41 Å². The summed E-state index contributed by atoms with van der Waals surface area (Å²) < 4.78 is 0. The molecule has 0 bridgehead atoms. The van der Waals surface area contributed by atoms with Gasteiger partial charge in [-0.1, -0.05) is 40.0 Å². The van der Waals surface area contributed by atoms with Gasteiger partial charge in [0.1, 0.15) is 0 Å². The molecular weight excluding hydrogens is 162 g/mol. The van der Waals surface area contributed by atoms with Crippen molar-refractivity contribution < 1.29 is 4.79 Å². The molecule has 2 nitrogen and oxygen atoms in total. The Balaban J connectivity index is 4.35. The Morgan fingerprint density at radius 1 is 1.15 bits per heavy atom. The highest BCUT2D eigenvalue weighted by molar-refractivity contribution is 5.80. The van der Waals surface area contributed by atoms with E-state index >= 15 is 0 Å². The normalized spacial score (nSPS) is 15.3. The molecule has 1 amide bonds. The van der Waals surface area contributed by atoms with E-state index in [-0.39, 0.29) is 11.3 Å². The molecule has 0 radical (unpaired) electrons. The number of primary amides is 1. The maximum absolute atomic E-state index is 11.4. The lowest BCUT2D eigenvalue weighted by atomic mass is 9.76. The summed E-state index contributed by atoms with van der Waals surface area (Å²) in [4.78, 5) is 11.4. The summed E-state index contributed by atoms with van der Waals surface area (Å²) in [6.07, 6.45) is 6.08. The van der Waals surface area contributed by atoms with E-state index in [0.29, 0.717) is 0 Å². The van der Waals surface area contributed by atoms with E-state index in [4.69, 9.17) is 5.73 Å². The maximum atomic E-state index is 11.4. The van der Waals surface area contributed by atoms with E-state index < -0.39 is 0 Å². The summed E-state index contributed by atoms with van der Waals surface area (Å²) in [5, 5.41) is 0. The maximum Gasteiger partial charge on any atom is 0.223 e. The second-order valence-corrected chi connectivity index (χ2v) is 3.85. The molecule has 0 spiro atoms. The average molecular weight is 185 g/mol. The molecular formula is C11H23NO. The molecule has 0 aliphatic carbocycles. The number of nitrogens with two attached hydrogens (primary N) is 1. The lowest BCUT2D eigenvalue weighted by Crippen LogP contribution is -2.36. The van der Waals surface area contributed by atoms with Crippen LogP contribution < -0.4 is 5.73 Å². The first-order valence-corrected chi connectivity index (χ1v) is 5.42. The number of hydrogen-bond donors (Lipinski definition) is 1. The molecule has 0 rings (SSSR count). The number of amides is 1. The highest BCUT2D eigenvalue weighted by Crippen LogP contribution is 2.33. The standard InChI is InChI=1S/C11H23NO/c1-4-7-9-11(6-3,8-5-2)10(12)13/h4-9H2,1-3H3,(H2,12,13). The zero-order valence-electron chi connectivity index (χ0n) is 9.23. The average Bonchev–Trinajstić information content (AvgIpc) is 2.12. The summed E-state index contributed by atoms with van der Waals surface area (Å²) in [5.41, 5.74) is 5.25. The minimum Gasteiger partial charge on any atom is -0.369 e. The van der Waals surface area contributed by atoms with Gasteiger partial charge in [0.25, 0.3) is 0 Å². The quantitative estimate of drug-likeness (QED) is 0.651. The fourth-order valence-corrected chi connectivity index (χ4v) is 1.89. The van der Waals surface area contributed by atoms with Crippen molar-refractivity contribution in [2.45, 2.75) is 59.3 Å². The molecule has 0 aromatic rings. The van der Waals surface area contributed by atoms with Gasteiger partial charge in [-0.15, -0.1) is 0 Å². The molecule has 13 heavy (non-hydrogen) atoms. The van der Waals surface area contributed by atoms with Crippen LogP contribution in [-0.4, -0.2) is 5.91 Å². The summed E-state index contributed by atoms with van der Waals surface area (Å²) in [6.45, 7) is 6.32. The largest absolute Gasteiger partial charge is 0.369 e. The van der Waals surface area contributed by atoms with Gasteiger partial charge >= 0.3 is 0 Å². The minimum absolute atomic E-state index is 0.106. The first kappa shape index (κ1) is 12.5. The van der Waals surface area contributed by atoms with E-state index in [2.05, 4.69) is 20.8 Å². The second kappa shape index (κ2) is 6.01. The number of unbranched alkanes of at least 4 members (excludes halogenated alkanes) is 1. The Kier molecular flexibility index (Phi) is 5.76. The van der Waals surface area contributed by atoms with Crippen LogP contribution in [0.4, 0.5) is 0 Å². The van der Waals surface area contributed by atoms with Crippen molar-refractivity contribution in [2.24, 2.45) is 11.1 Å². The molecule has 0 aromatic carbocycles. The molecule has 0 aliphatic rings. The number of rotatable bonds is 7. The first-order valence-electron chi connectivity index (χ1n) is 5.42. The van der Waals surface area contributed by atoms with Gasteiger partial charge in [0, 0.05) is 5.41 Å². The van der Waals surface area contributed by atoms with Crippen LogP contribution in [0.15, 0.2) is 0 Å². The Morgan fingerprint density at radius 2 is 1.77 bits per heavy atom. The Bertz CT molecular complexity index is 156. The van der Waals surface area contributed by atoms with Crippen molar-refractivity contribution in [2.75, 3.05) is 0 Å². The minimum atomic E-state index is -0.218. The van der Waals surface area contributed by atoms with Crippen LogP contribution in [0.3, 0.4) is 0 Å². The first-order chi connectivity index (χ1) is 6.13. The van der Waals surface area contributed by atoms with Gasteiger partial charge in [-0.05, 0) is 19.3 Å². The molecule has 0 saturated heterocycles. The molecule has 0 saturated carbocycles. The predicted octanol–water partition coefficient (Wildman–Crippen LogP) is 2.86. The van der Waals surface area contributed by atoms with Gasteiger partial charge < -0.3 is 5.73 Å². The van der Waals surface area contributed by atoms with E-state index in [1.54, 1.807) is 0 Å². The van der Waals surface area contributed by atoms with Crippen LogP contribution in [-0.2, 0) is 4.79 Å². The van der Waals surface area contributed by atoms with E-state index in [9.17, 15) is 4.79 Å². The second-order valence-electron chi connectivity index (χ2n) is 3.85. The van der Waals surface area contributed by atoms with E-state index in [1.165, 1.54) is 0 Å². The third-order valence-corrected chi connectivity index (χ3v) is 2.94. The fourth-order valence-electron chi connectivity index (χ4n) is 1.89. The van der Waals surface area contributed by atoms with E-state index in [1.807, 2.05) is 0 Å². The van der Waals surface area contributed by atoms with Crippen LogP contribution in [0.25, 0.3) is 0 Å². The zero-order chi connectivity index (χ0) is 10.3. The molecule has 0 aromatic heterocycles. The van der Waals surface area contributed by atoms with Gasteiger partial charge in [-0.25, -0.2) is 0 Å². The molecule has 2 N–H and O–H groups in total. The predicted molar refractivity (Wildman–Crippen MR) is 56.4 cm³/mol. The Hall–Kier alpha value is -0.530. The van der Waals surface area contributed by atoms with Crippen molar-refractivity contribution in [3.05, 3.63) is 0 Å². The van der Waals surface area contributed by atoms with Crippen molar-refractivity contribution in [1.29, 1.82) is 0 Å². The highest BCUT2D eigenvalue weighted by atomic mass is 16.1. The van der Waals surface area contributed by atoms with Crippen molar-refractivity contribution >= 4 is 5.91 Å². The Labute approximate surface area is 81.9 Å². The van der Waals surface area contributed by atoms with E-state index in [0.717, 1.165) is 38.5 Å². The lowest BCUT2D eigenvalue weighted by molar-refractivity contribution is -0.128. The Morgan fingerprint density at radius 3 is 2.08 bits per heavy atom. The van der Waals surface area contributed by atoms with Crippen LogP contribution in [0.2, 0.25) is 0 Å². The topological polar surface area (TPSA) is 43.1 Å². The van der Waals surface area contributed by atoms with Crippen molar-refractivity contribution in [3.63, 3.8) is 0 Å². The van der Waals surface area contributed by atoms with Crippen molar-refractivity contribution in [3.8, 4) is 0 Å². The fraction of sp³-hybridized carbons (Fsp3) is 0.909. The SMILES string of the molecule is CCCCC(CC)(CCC)C(N)=O. The molecule has 0 aliphatic heterocycles. The monoisotopic (exact) mass is 185 g/mol. The van der Waals surface area contributed by atoms with Gasteiger partial charge in [0.2, 0.25) is 5.91 Å². The molecule has 1 atom stereocenters. The molecule has 0 fully saturated rings.